The van der Waals surface area contributed by atoms with Crippen LogP contribution in [0.5, 0.6) is 0 Å². The molecule has 0 spiro atoms. The lowest BCUT2D eigenvalue weighted by atomic mass is 10.0. The molecule has 11 heteroatoms. The summed E-state index contributed by atoms with van der Waals surface area (Å²) in [5.41, 5.74) is -1.49. The first-order chi connectivity index (χ1) is 11.2. The van der Waals surface area contributed by atoms with E-state index in [9.17, 15) is 22.8 Å². The van der Waals surface area contributed by atoms with Crippen molar-refractivity contribution in [2.24, 2.45) is 5.92 Å². The van der Waals surface area contributed by atoms with Gasteiger partial charge in [-0.25, -0.2) is 22.9 Å². The molecule has 1 unspecified atom stereocenters. The average Bonchev–Trinajstić information content (AvgIpc) is 2.45. The first-order valence-corrected chi connectivity index (χ1v) is 8.51. The second-order valence-electron chi connectivity index (χ2n) is 5.36. The number of aromatic nitrogens is 3. The topological polar surface area (TPSA) is 162 Å². The van der Waals surface area contributed by atoms with Crippen LogP contribution >= 0.6 is 0 Å². The number of hydrogen-bond donors (Lipinski definition) is 4. The van der Waals surface area contributed by atoms with E-state index in [4.69, 9.17) is 5.11 Å². The predicted molar refractivity (Wildman–Crippen MR) is 84.2 cm³/mol. The van der Waals surface area contributed by atoms with Crippen molar-refractivity contribution in [3.63, 3.8) is 0 Å². The molecule has 0 aliphatic carbocycles. The number of sulfonamides is 1. The van der Waals surface area contributed by atoms with E-state index in [0.29, 0.717) is 6.42 Å². The zero-order valence-corrected chi connectivity index (χ0v) is 13.5. The molecule has 0 aliphatic rings. The molecule has 0 saturated heterocycles. The molecular weight excluding hydrogens is 340 g/mol. The minimum absolute atomic E-state index is 0.0159. The van der Waals surface area contributed by atoms with Crippen LogP contribution in [0.4, 0.5) is 0 Å². The second-order valence-corrected chi connectivity index (χ2v) is 7.13. The van der Waals surface area contributed by atoms with E-state index in [-0.39, 0.29) is 34.8 Å². The van der Waals surface area contributed by atoms with Crippen molar-refractivity contribution in [2.75, 3.05) is 6.54 Å². The Morgan fingerprint density at radius 1 is 1.38 bits per heavy atom. The van der Waals surface area contributed by atoms with Crippen molar-refractivity contribution in [1.82, 2.24) is 19.7 Å². The fraction of sp³-hybridized carbons (Fsp3) is 0.385. The van der Waals surface area contributed by atoms with Crippen LogP contribution in [0.25, 0.3) is 11.0 Å². The van der Waals surface area contributed by atoms with E-state index < -0.39 is 27.2 Å². The van der Waals surface area contributed by atoms with Gasteiger partial charge in [-0.3, -0.25) is 19.6 Å². The molecule has 2 rings (SSSR count). The van der Waals surface area contributed by atoms with Crippen LogP contribution in [0, 0.1) is 5.92 Å². The first kappa shape index (κ1) is 17.8. The number of aliphatic carboxylic acids is 1. The van der Waals surface area contributed by atoms with Gasteiger partial charge in [0, 0.05) is 19.2 Å². The normalized spacial score (nSPS) is 13.0. The smallest absolute Gasteiger partial charge is 0.327 e. The average molecular weight is 356 g/mol. The largest absolute Gasteiger partial charge is 0.481 e. The Balaban J connectivity index is 2.17. The molecule has 4 N–H and O–H groups in total. The summed E-state index contributed by atoms with van der Waals surface area (Å²) in [6.07, 6.45) is 1.32. The molecule has 0 radical (unpaired) electrons. The molecule has 2 aromatic heterocycles. The van der Waals surface area contributed by atoms with E-state index in [1.54, 1.807) is 6.92 Å². The monoisotopic (exact) mass is 356 g/mol. The summed E-state index contributed by atoms with van der Waals surface area (Å²) in [5.74, 6) is -1.13. The van der Waals surface area contributed by atoms with E-state index in [1.807, 2.05) is 4.98 Å². The van der Waals surface area contributed by atoms with Crippen LogP contribution in [-0.2, 0) is 14.8 Å². The number of fused-ring (bicyclic) bond motifs is 1. The number of aromatic amines is 2. The van der Waals surface area contributed by atoms with Crippen LogP contribution in [0.2, 0.25) is 0 Å². The highest BCUT2D eigenvalue weighted by molar-refractivity contribution is 7.89. The highest BCUT2D eigenvalue weighted by Gasteiger charge is 2.17. The van der Waals surface area contributed by atoms with E-state index in [1.165, 1.54) is 0 Å². The number of nitrogens with one attached hydrogen (secondary N) is 3. The lowest BCUT2D eigenvalue weighted by molar-refractivity contribution is -0.138. The highest BCUT2D eigenvalue weighted by atomic mass is 32.2. The van der Waals surface area contributed by atoms with Crippen LogP contribution in [-0.4, -0.2) is 41.0 Å². The van der Waals surface area contributed by atoms with Crippen LogP contribution in [0.15, 0.2) is 26.7 Å². The van der Waals surface area contributed by atoms with Crippen molar-refractivity contribution in [1.29, 1.82) is 0 Å². The molecule has 0 saturated carbocycles. The fourth-order valence-corrected chi connectivity index (χ4v) is 3.12. The summed E-state index contributed by atoms with van der Waals surface area (Å²) in [7, 11) is -3.91. The van der Waals surface area contributed by atoms with Gasteiger partial charge in [0.1, 0.15) is 10.5 Å². The Bertz CT molecular complexity index is 978. The summed E-state index contributed by atoms with van der Waals surface area (Å²) in [6, 6.07) is 1.11. The molecule has 2 heterocycles. The maximum Gasteiger partial charge on any atom is 0.327 e. The molecule has 1 atom stereocenters. The summed E-state index contributed by atoms with van der Waals surface area (Å²) in [6.45, 7) is 1.76. The number of rotatable bonds is 7. The standard InChI is InChI=1S/C13H16N4O6S/c1-7(4-10(18)19)2-3-15-24(22,23)8-5-9-11(14-6-8)16-13(21)17-12(9)20/h5-7,15H,2-4H2,1H3,(H,18,19)(H2,14,16,17,20,21). The summed E-state index contributed by atoms with van der Waals surface area (Å²) < 4.78 is 26.7. The van der Waals surface area contributed by atoms with Gasteiger partial charge in [-0.05, 0) is 18.4 Å². The molecule has 130 valence electrons. The molecule has 0 bridgehead atoms. The van der Waals surface area contributed by atoms with Gasteiger partial charge in [-0.1, -0.05) is 6.92 Å². The third kappa shape index (κ3) is 4.26. The lowest BCUT2D eigenvalue weighted by Crippen LogP contribution is -2.27. The summed E-state index contributed by atoms with van der Waals surface area (Å²) in [5, 5.41) is 8.60. The van der Waals surface area contributed by atoms with Crippen molar-refractivity contribution in [3.8, 4) is 0 Å². The number of pyridine rings is 1. The number of H-pyrrole nitrogens is 2. The molecule has 24 heavy (non-hydrogen) atoms. The molecule has 2 aromatic rings. The summed E-state index contributed by atoms with van der Waals surface area (Å²) in [4.78, 5) is 41.2. The maximum atomic E-state index is 12.2. The first-order valence-electron chi connectivity index (χ1n) is 7.03. The minimum atomic E-state index is -3.91. The van der Waals surface area contributed by atoms with Gasteiger partial charge in [0.2, 0.25) is 10.0 Å². The minimum Gasteiger partial charge on any atom is -0.481 e. The van der Waals surface area contributed by atoms with Gasteiger partial charge in [0.25, 0.3) is 5.56 Å². The molecule has 10 nitrogen and oxygen atoms in total. The van der Waals surface area contributed by atoms with Gasteiger partial charge in [-0.15, -0.1) is 0 Å². The zero-order chi connectivity index (χ0) is 17.9. The Morgan fingerprint density at radius 2 is 2.08 bits per heavy atom. The SMILES string of the molecule is CC(CCNS(=O)(=O)c1cnc2[nH]c(=O)[nH]c(=O)c2c1)CC(=O)O. The zero-order valence-electron chi connectivity index (χ0n) is 12.7. The molecule has 0 aromatic carbocycles. The van der Waals surface area contributed by atoms with Gasteiger partial charge in [0.05, 0.1) is 5.39 Å². The Labute approximate surface area is 136 Å². The lowest BCUT2D eigenvalue weighted by Gasteiger charge is -2.10. The molecular formula is C13H16N4O6S. The quantitative estimate of drug-likeness (QED) is 0.514. The number of nitrogens with zero attached hydrogens (tertiary/aromatic N) is 1. The predicted octanol–water partition coefficient (Wildman–Crippen LogP) is -0.609. The van der Waals surface area contributed by atoms with Gasteiger partial charge in [-0.2, -0.15) is 0 Å². The number of carbonyl (C=O) groups is 1. The van der Waals surface area contributed by atoms with Crippen LogP contribution in [0.3, 0.4) is 0 Å². The van der Waals surface area contributed by atoms with Crippen molar-refractivity contribution >= 4 is 27.0 Å². The van der Waals surface area contributed by atoms with Crippen LogP contribution in [0.1, 0.15) is 19.8 Å². The van der Waals surface area contributed by atoms with Gasteiger partial charge >= 0.3 is 11.7 Å². The van der Waals surface area contributed by atoms with Gasteiger partial charge in [0.15, 0.2) is 0 Å². The van der Waals surface area contributed by atoms with E-state index in [2.05, 4.69) is 14.7 Å². The third-order valence-electron chi connectivity index (χ3n) is 3.33. The van der Waals surface area contributed by atoms with Crippen LogP contribution < -0.4 is 16.0 Å². The van der Waals surface area contributed by atoms with Crippen molar-refractivity contribution in [2.45, 2.75) is 24.7 Å². The Hall–Kier alpha value is -2.53. The number of hydrogen-bond acceptors (Lipinski definition) is 6. The highest BCUT2D eigenvalue weighted by Crippen LogP contribution is 2.12. The van der Waals surface area contributed by atoms with Crippen molar-refractivity contribution < 1.29 is 18.3 Å². The molecule has 0 amide bonds. The third-order valence-corrected chi connectivity index (χ3v) is 4.76. The molecule has 0 fully saturated rings. The second kappa shape index (κ2) is 6.93. The summed E-state index contributed by atoms with van der Waals surface area (Å²) >= 11 is 0. The fourth-order valence-electron chi connectivity index (χ4n) is 2.10. The number of carboxylic acid groups (broad SMARTS) is 1. The number of carboxylic acids is 1. The Morgan fingerprint density at radius 3 is 2.75 bits per heavy atom. The molecule has 0 aliphatic heterocycles. The van der Waals surface area contributed by atoms with E-state index >= 15 is 0 Å². The maximum absolute atomic E-state index is 12.2. The van der Waals surface area contributed by atoms with E-state index in [0.717, 1.165) is 12.3 Å². The van der Waals surface area contributed by atoms with Crippen molar-refractivity contribution in [3.05, 3.63) is 33.1 Å². The Kier molecular flexibility index (Phi) is 5.14. The van der Waals surface area contributed by atoms with Gasteiger partial charge < -0.3 is 5.11 Å².